The molecule has 0 saturated heterocycles. The van der Waals surface area contributed by atoms with Crippen molar-refractivity contribution in [3.05, 3.63) is 75.7 Å². The number of carbonyl (C=O) groups excluding carboxylic acids is 2. The molecular weight excluding hydrogens is 376 g/mol. The fraction of sp³-hybridized carbons (Fsp3) is 0.190. The predicted octanol–water partition coefficient (Wildman–Crippen LogP) is 4.13. The molecule has 3 aromatic rings. The molecule has 0 atom stereocenters. The number of rotatable bonds is 7. The second-order valence-corrected chi connectivity index (χ2v) is 7.02. The molecule has 144 valence electrons. The van der Waals surface area contributed by atoms with Crippen molar-refractivity contribution in [3.8, 4) is 5.75 Å². The molecule has 1 N–H and O–H groups in total. The summed E-state index contributed by atoms with van der Waals surface area (Å²) in [5.41, 5.74) is 5.63. The predicted molar refractivity (Wildman–Crippen MR) is 108 cm³/mol. The third-order valence-electron chi connectivity index (χ3n) is 3.78. The highest BCUT2D eigenvalue weighted by molar-refractivity contribution is 7.07. The van der Waals surface area contributed by atoms with Crippen molar-refractivity contribution in [2.24, 2.45) is 0 Å². The van der Waals surface area contributed by atoms with Crippen molar-refractivity contribution in [3.63, 3.8) is 0 Å². The monoisotopic (exact) mass is 396 g/mol. The van der Waals surface area contributed by atoms with Crippen molar-refractivity contribution in [2.75, 3.05) is 11.9 Å². The Morgan fingerprint density at radius 1 is 1.11 bits per heavy atom. The maximum absolute atomic E-state index is 12.2. The quantitative estimate of drug-likeness (QED) is 0.608. The Bertz CT molecular complexity index is 950. The number of aromatic nitrogens is 1. The number of amides is 1. The number of hydrogen-bond donors (Lipinski definition) is 1. The Hall–Kier alpha value is -3.19. The van der Waals surface area contributed by atoms with Gasteiger partial charge in [0.1, 0.15) is 12.4 Å². The first-order valence-corrected chi connectivity index (χ1v) is 9.59. The van der Waals surface area contributed by atoms with Gasteiger partial charge in [0.05, 0.1) is 16.8 Å². The minimum Gasteiger partial charge on any atom is -0.487 e. The SMILES string of the molecule is Cc1cc(C)cc(NC(=O)COC(=O)c2cccc(OCc3cscn3)c2)c1. The summed E-state index contributed by atoms with van der Waals surface area (Å²) in [4.78, 5) is 28.4. The number of anilines is 1. The smallest absolute Gasteiger partial charge is 0.338 e. The number of benzene rings is 2. The Labute approximate surface area is 167 Å². The summed E-state index contributed by atoms with van der Waals surface area (Å²) in [5, 5.41) is 4.63. The fourth-order valence-corrected chi connectivity index (χ4v) is 3.18. The molecule has 0 aliphatic heterocycles. The van der Waals surface area contributed by atoms with E-state index in [2.05, 4.69) is 10.3 Å². The standard InChI is InChI=1S/C21H20N2O4S/c1-14-6-15(2)8-17(7-14)23-20(24)11-27-21(25)16-4-3-5-19(9-16)26-10-18-12-28-13-22-18/h3-9,12-13H,10-11H2,1-2H3,(H,23,24). The number of thiazole rings is 1. The van der Waals surface area contributed by atoms with Crippen LogP contribution in [0.4, 0.5) is 5.69 Å². The van der Waals surface area contributed by atoms with Gasteiger partial charge in [-0.2, -0.15) is 0 Å². The van der Waals surface area contributed by atoms with E-state index in [1.54, 1.807) is 29.8 Å². The normalized spacial score (nSPS) is 10.4. The van der Waals surface area contributed by atoms with Crippen molar-refractivity contribution >= 4 is 28.9 Å². The Morgan fingerprint density at radius 3 is 2.61 bits per heavy atom. The van der Waals surface area contributed by atoms with E-state index >= 15 is 0 Å². The lowest BCUT2D eigenvalue weighted by Gasteiger charge is -2.09. The van der Waals surface area contributed by atoms with E-state index in [0.717, 1.165) is 16.8 Å². The topological polar surface area (TPSA) is 77.5 Å². The molecule has 1 heterocycles. The zero-order valence-corrected chi connectivity index (χ0v) is 16.4. The van der Waals surface area contributed by atoms with E-state index in [1.165, 1.54) is 11.3 Å². The third-order valence-corrected chi connectivity index (χ3v) is 4.42. The summed E-state index contributed by atoms with van der Waals surface area (Å²) in [6.07, 6.45) is 0. The average molecular weight is 396 g/mol. The van der Waals surface area contributed by atoms with Crippen LogP contribution in [0.3, 0.4) is 0 Å². The van der Waals surface area contributed by atoms with Gasteiger partial charge in [-0.3, -0.25) is 4.79 Å². The minimum absolute atomic E-state index is 0.315. The van der Waals surface area contributed by atoms with E-state index in [1.807, 2.05) is 37.4 Å². The first-order chi connectivity index (χ1) is 13.5. The van der Waals surface area contributed by atoms with Crippen molar-refractivity contribution in [2.45, 2.75) is 20.5 Å². The molecule has 3 rings (SSSR count). The van der Waals surface area contributed by atoms with Crippen LogP contribution >= 0.6 is 11.3 Å². The van der Waals surface area contributed by atoms with E-state index in [0.29, 0.717) is 23.6 Å². The van der Waals surface area contributed by atoms with Gasteiger partial charge in [-0.05, 0) is 55.3 Å². The van der Waals surface area contributed by atoms with Gasteiger partial charge in [0.2, 0.25) is 0 Å². The van der Waals surface area contributed by atoms with Crippen molar-refractivity contribution < 1.29 is 19.1 Å². The van der Waals surface area contributed by atoms with Gasteiger partial charge in [0, 0.05) is 11.1 Å². The van der Waals surface area contributed by atoms with Crippen LogP contribution in [0.1, 0.15) is 27.2 Å². The van der Waals surface area contributed by atoms with Gasteiger partial charge < -0.3 is 14.8 Å². The van der Waals surface area contributed by atoms with E-state index in [-0.39, 0.29) is 6.61 Å². The van der Waals surface area contributed by atoms with Crippen LogP contribution < -0.4 is 10.1 Å². The van der Waals surface area contributed by atoms with Crippen LogP contribution in [0.15, 0.2) is 53.4 Å². The Morgan fingerprint density at radius 2 is 1.89 bits per heavy atom. The highest BCUT2D eigenvalue weighted by Gasteiger charge is 2.12. The van der Waals surface area contributed by atoms with Gasteiger partial charge in [-0.25, -0.2) is 9.78 Å². The average Bonchev–Trinajstić information content (AvgIpc) is 3.17. The molecule has 1 aromatic heterocycles. The second kappa shape index (κ2) is 9.14. The van der Waals surface area contributed by atoms with E-state index in [9.17, 15) is 9.59 Å². The van der Waals surface area contributed by atoms with Gasteiger partial charge in [0.15, 0.2) is 6.61 Å². The molecule has 0 bridgehead atoms. The third kappa shape index (κ3) is 5.65. The molecule has 1 amide bonds. The highest BCUT2D eigenvalue weighted by atomic mass is 32.1. The summed E-state index contributed by atoms with van der Waals surface area (Å²) in [6, 6.07) is 12.4. The second-order valence-electron chi connectivity index (χ2n) is 6.30. The summed E-state index contributed by atoms with van der Waals surface area (Å²) >= 11 is 1.49. The molecular formula is C21H20N2O4S. The van der Waals surface area contributed by atoms with Crippen molar-refractivity contribution in [1.29, 1.82) is 0 Å². The van der Waals surface area contributed by atoms with Gasteiger partial charge in [0.25, 0.3) is 5.91 Å². The lowest BCUT2D eigenvalue weighted by Crippen LogP contribution is -2.21. The lowest BCUT2D eigenvalue weighted by molar-refractivity contribution is -0.119. The van der Waals surface area contributed by atoms with Crippen LogP contribution in [0, 0.1) is 13.8 Å². The molecule has 0 saturated carbocycles. The summed E-state index contributed by atoms with van der Waals surface area (Å²) in [7, 11) is 0. The Balaban J connectivity index is 1.52. The lowest BCUT2D eigenvalue weighted by atomic mass is 10.1. The van der Waals surface area contributed by atoms with Gasteiger partial charge in [-0.15, -0.1) is 11.3 Å². The number of esters is 1. The van der Waals surface area contributed by atoms with Gasteiger partial charge in [-0.1, -0.05) is 12.1 Å². The summed E-state index contributed by atoms with van der Waals surface area (Å²) < 4.78 is 10.7. The molecule has 28 heavy (non-hydrogen) atoms. The van der Waals surface area contributed by atoms with Crippen LogP contribution in [-0.2, 0) is 16.1 Å². The number of hydrogen-bond acceptors (Lipinski definition) is 6. The molecule has 0 fully saturated rings. The highest BCUT2D eigenvalue weighted by Crippen LogP contribution is 2.17. The number of carbonyl (C=O) groups is 2. The summed E-state index contributed by atoms with van der Waals surface area (Å²) in [6.45, 7) is 3.86. The molecule has 7 heteroatoms. The molecule has 0 unspecified atom stereocenters. The summed E-state index contributed by atoms with van der Waals surface area (Å²) in [5.74, 6) is -0.453. The van der Waals surface area contributed by atoms with E-state index < -0.39 is 11.9 Å². The van der Waals surface area contributed by atoms with E-state index in [4.69, 9.17) is 9.47 Å². The first kappa shape index (κ1) is 19.6. The van der Waals surface area contributed by atoms with Crippen LogP contribution in [0.2, 0.25) is 0 Å². The molecule has 0 spiro atoms. The first-order valence-electron chi connectivity index (χ1n) is 8.65. The number of ether oxygens (including phenoxy) is 2. The molecule has 0 radical (unpaired) electrons. The maximum atomic E-state index is 12.2. The van der Waals surface area contributed by atoms with Gasteiger partial charge >= 0.3 is 5.97 Å². The van der Waals surface area contributed by atoms with Crippen LogP contribution in [-0.4, -0.2) is 23.5 Å². The Kier molecular flexibility index (Phi) is 6.39. The van der Waals surface area contributed by atoms with Crippen LogP contribution in [0.25, 0.3) is 0 Å². The fourth-order valence-electron chi connectivity index (χ4n) is 2.64. The number of nitrogens with zero attached hydrogens (tertiary/aromatic N) is 1. The molecule has 2 aromatic carbocycles. The number of nitrogens with one attached hydrogen (secondary N) is 1. The number of aryl methyl sites for hydroxylation is 2. The molecule has 0 aliphatic carbocycles. The largest absolute Gasteiger partial charge is 0.487 e. The molecule has 6 nitrogen and oxygen atoms in total. The van der Waals surface area contributed by atoms with Crippen LogP contribution in [0.5, 0.6) is 5.75 Å². The maximum Gasteiger partial charge on any atom is 0.338 e. The minimum atomic E-state index is -0.588. The van der Waals surface area contributed by atoms with Crippen molar-refractivity contribution in [1.82, 2.24) is 4.98 Å². The zero-order valence-electron chi connectivity index (χ0n) is 15.6. The molecule has 0 aliphatic rings. The zero-order chi connectivity index (χ0) is 19.9.